The van der Waals surface area contributed by atoms with Crippen molar-refractivity contribution in [1.29, 1.82) is 0 Å². The highest BCUT2D eigenvalue weighted by molar-refractivity contribution is 5.74. The van der Waals surface area contributed by atoms with Crippen LogP contribution in [0.4, 0.5) is 10.7 Å². The summed E-state index contributed by atoms with van der Waals surface area (Å²) in [6.45, 7) is 3.18. The molecule has 2 amide bonds. The number of anilines is 1. The van der Waals surface area contributed by atoms with Crippen LogP contribution >= 0.6 is 0 Å². The van der Waals surface area contributed by atoms with Crippen LogP contribution in [0.1, 0.15) is 12.8 Å². The van der Waals surface area contributed by atoms with Gasteiger partial charge >= 0.3 is 6.03 Å². The van der Waals surface area contributed by atoms with Gasteiger partial charge in [-0.15, -0.1) is 0 Å². The molecule has 0 saturated carbocycles. The third-order valence-corrected chi connectivity index (χ3v) is 3.75. The normalized spacial score (nSPS) is 23.0. The number of aromatic nitrogens is 2. The average molecular weight is 291 g/mol. The number of carbonyl (C=O) groups excluding carboxylic acids is 1. The van der Waals surface area contributed by atoms with E-state index >= 15 is 0 Å². The van der Waals surface area contributed by atoms with E-state index in [-0.39, 0.29) is 18.1 Å². The Bertz CT molecular complexity index is 463. The van der Waals surface area contributed by atoms with Gasteiger partial charge in [-0.1, -0.05) is 0 Å². The molecule has 114 valence electrons. The van der Waals surface area contributed by atoms with E-state index in [1.165, 1.54) is 0 Å². The molecule has 1 aromatic rings. The smallest absolute Gasteiger partial charge is 0.315 e. The summed E-state index contributed by atoms with van der Waals surface area (Å²) in [7, 11) is 0. The van der Waals surface area contributed by atoms with E-state index in [1.54, 1.807) is 18.5 Å². The first-order valence-electron chi connectivity index (χ1n) is 7.36. The van der Waals surface area contributed by atoms with E-state index in [1.807, 2.05) is 0 Å². The molecule has 1 unspecified atom stereocenters. The Morgan fingerprint density at radius 1 is 1.19 bits per heavy atom. The molecule has 0 bridgehead atoms. The summed E-state index contributed by atoms with van der Waals surface area (Å²) >= 11 is 0. The topological polar surface area (TPSA) is 94.2 Å². The first-order chi connectivity index (χ1) is 10.3. The Kier molecular flexibility index (Phi) is 4.46. The van der Waals surface area contributed by atoms with Gasteiger partial charge in [-0.05, 0) is 18.9 Å². The molecule has 2 aliphatic rings. The van der Waals surface area contributed by atoms with Gasteiger partial charge in [0.1, 0.15) is 0 Å². The van der Waals surface area contributed by atoms with Crippen molar-refractivity contribution >= 4 is 12.0 Å². The highest BCUT2D eigenvalue weighted by atomic mass is 16.2. The maximum Gasteiger partial charge on any atom is 0.315 e. The number of nitrogens with one attached hydrogen (secondary N) is 4. The number of amides is 2. The molecule has 3 rings (SSSR count). The van der Waals surface area contributed by atoms with E-state index in [0.717, 1.165) is 45.0 Å². The Labute approximate surface area is 123 Å². The van der Waals surface area contributed by atoms with Crippen molar-refractivity contribution in [2.75, 3.05) is 31.1 Å². The van der Waals surface area contributed by atoms with Crippen LogP contribution in [0, 0.1) is 0 Å². The maximum absolute atomic E-state index is 12.0. The summed E-state index contributed by atoms with van der Waals surface area (Å²) < 4.78 is 0. The molecule has 3 heterocycles. The monoisotopic (exact) mass is 291 g/mol. The first kappa shape index (κ1) is 14.0. The van der Waals surface area contributed by atoms with Gasteiger partial charge in [0.2, 0.25) is 5.95 Å². The Balaban J connectivity index is 1.50. The number of hydrogen-bond donors (Lipinski definition) is 4. The minimum Gasteiger partial charge on any atom is -0.339 e. The number of piperidine rings is 1. The van der Waals surface area contributed by atoms with Crippen molar-refractivity contribution in [2.24, 2.45) is 0 Å². The molecule has 2 fully saturated rings. The fourth-order valence-electron chi connectivity index (χ4n) is 2.71. The van der Waals surface area contributed by atoms with Crippen LogP contribution in [0.5, 0.6) is 0 Å². The maximum atomic E-state index is 12.0. The van der Waals surface area contributed by atoms with Crippen molar-refractivity contribution in [3.05, 3.63) is 18.5 Å². The molecule has 8 nitrogen and oxygen atoms in total. The zero-order chi connectivity index (χ0) is 14.5. The lowest BCUT2D eigenvalue weighted by atomic mass is 10.1. The molecule has 1 aromatic heterocycles. The van der Waals surface area contributed by atoms with E-state index in [9.17, 15) is 4.79 Å². The van der Waals surface area contributed by atoms with Crippen LogP contribution in [-0.4, -0.2) is 54.3 Å². The van der Waals surface area contributed by atoms with Crippen molar-refractivity contribution in [3.63, 3.8) is 0 Å². The van der Waals surface area contributed by atoms with Crippen LogP contribution in [0.15, 0.2) is 18.5 Å². The van der Waals surface area contributed by atoms with Crippen molar-refractivity contribution < 1.29 is 4.79 Å². The molecule has 4 N–H and O–H groups in total. The molecule has 0 aromatic carbocycles. The molecular weight excluding hydrogens is 270 g/mol. The SMILES string of the molecule is O=C(NC1CNNC1)NC1CCCN(c2ncccn2)C1. The van der Waals surface area contributed by atoms with Gasteiger partial charge in [0.05, 0.1) is 6.04 Å². The summed E-state index contributed by atoms with van der Waals surface area (Å²) in [6.07, 6.45) is 5.49. The molecule has 0 radical (unpaired) electrons. The molecule has 2 saturated heterocycles. The second-order valence-electron chi connectivity index (χ2n) is 5.41. The van der Waals surface area contributed by atoms with Gasteiger partial charge in [-0.2, -0.15) is 0 Å². The number of carbonyl (C=O) groups is 1. The van der Waals surface area contributed by atoms with Gasteiger partial charge in [-0.3, -0.25) is 10.9 Å². The molecule has 21 heavy (non-hydrogen) atoms. The Morgan fingerprint density at radius 3 is 2.67 bits per heavy atom. The molecule has 8 heteroatoms. The highest BCUT2D eigenvalue weighted by Crippen LogP contribution is 2.15. The summed E-state index contributed by atoms with van der Waals surface area (Å²) in [5.74, 6) is 0.730. The van der Waals surface area contributed by atoms with Gasteiger partial charge < -0.3 is 15.5 Å². The lowest BCUT2D eigenvalue weighted by Gasteiger charge is -2.33. The van der Waals surface area contributed by atoms with E-state index in [4.69, 9.17) is 0 Å². The number of hydrazine groups is 1. The number of nitrogens with zero attached hydrogens (tertiary/aromatic N) is 3. The van der Waals surface area contributed by atoms with Gasteiger partial charge in [0, 0.05) is 44.6 Å². The number of rotatable bonds is 3. The summed E-state index contributed by atoms with van der Waals surface area (Å²) in [5.41, 5.74) is 5.99. The second-order valence-corrected chi connectivity index (χ2v) is 5.41. The predicted octanol–water partition coefficient (Wildman–Crippen LogP) is -0.779. The molecule has 2 aliphatic heterocycles. The van der Waals surface area contributed by atoms with Crippen LogP contribution < -0.4 is 26.4 Å². The predicted molar refractivity (Wildman–Crippen MR) is 78.7 cm³/mol. The lowest BCUT2D eigenvalue weighted by Crippen LogP contribution is -2.53. The fourth-order valence-corrected chi connectivity index (χ4v) is 2.71. The van der Waals surface area contributed by atoms with E-state index in [2.05, 4.69) is 36.4 Å². The highest BCUT2D eigenvalue weighted by Gasteiger charge is 2.24. The fraction of sp³-hybridized carbons (Fsp3) is 0.615. The molecule has 0 spiro atoms. The second kappa shape index (κ2) is 6.68. The van der Waals surface area contributed by atoms with Crippen LogP contribution in [0.2, 0.25) is 0 Å². The summed E-state index contributed by atoms with van der Waals surface area (Å²) in [4.78, 5) is 22.6. The third-order valence-electron chi connectivity index (χ3n) is 3.75. The van der Waals surface area contributed by atoms with E-state index in [0.29, 0.717) is 0 Å². The lowest BCUT2D eigenvalue weighted by molar-refractivity contribution is 0.232. The summed E-state index contributed by atoms with van der Waals surface area (Å²) in [5, 5.41) is 6.00. The van der Waals surface area contributed by atoms with Crippen molar-refractivity contribution in [1.82, 2.24) is 31.5 Å². The minimum atomic E-state index is -0.105. The zero-order valence-corrected chi connectivity index (χ0v) is 11.9. The quantitative estimate of drug-likeness (QED) is 0.584. The zero-order valence-electron chi connectivity index (χ0n) is 11.9. The average Bonchev–Trinajstić information content (AvgIpc) is 3.01. The van der Waals surface area contributed by atoms with Crippen molar-refractivity contribution in [2.45, 2.75) is 24.9 Å². The van der Waals surface area contributed by atoms with Crippen LogP contribution in [0.3, 0.4) is 0 Å². The Hall–Kier alpha value is -1.93. The van der Waals surface area contributed by atoms with Crippen LogP contribution in [-0.2, 0) is 0 Å². The first-order valence-corrected chi connectivity index (χ1v) is 7.36. The van der Waals surface area contributed by atoms with Crippen molar-refractivity contribution in [3.8, 4) is 0 Å². The number of hydrogen-bond acceptors (Lipinski definition) is 6. The molecule has 0 aliphatic carbocycles. The Morgan fingerprint density at radius 2 is 1.90 bits per heavy atom. The number of urea groups is 1. The van der Waals surface area contributed by atoms with Gasteiger partial charge in [0.15, 0.2) is 0 Å². The standard InChI is InChI=1S/C13H21N7O/c21-13(19-11-7-16-17-8-11)18-10-3-1-6-20(9-10)12-14-4-2-5-15-12/h2,4-5,10-11,16-17H,1,3,6-9H2,(H2,18,19,21). The molecule has 1 atom stereocenters. The van der Waals surface area contributed by atoms with E-state index < -0.39 is 0 Å². The minimum absolute atomic E-state index is 0.105. The van der Waals surface area contributed by atoms with Gasteiger partial charge in [0.25, 0.3) is 0 Å². The summed E-state index contributed by atoms with van der Waals surface area (Å²) in [6, 6.07) is 1.97. The van der Waals surface area contributed by atoms with Crippen LogP contribution in [0.25, 0.3) is 0 Å². The van der Waals surface area contributed by atoms with Gasteiger partial charge in [-0.25, -0.2) is 14.8 Å². The largest absolute Gasteiger partial charge is 0.339 e. The molecular formula is C13H21N7O. The third kappa shape index (κ3) is 3.79.